The van der Waals surface area contributed by atoms with Crippen molar-refractivity contribution in [3.05, 3.63) is 28.4 Å². The second-order valence-corrected chi connectivity index (χ2v) is 5.30. The molecule has 0 spiro atoms. The number of nitrogens with zero attached hydrogens (tertiary/aromatic N) is 3. The Kier molecular flexibility index (Phi) is 3.33. The van der Waals surface area contributed by atoms with Crippen molar-refractivity contribution in [2.45, 2.75) is 37.8 Å². The Hall–Kier alpha value is -1.69. The Bertz CT molecular complexity index is 462. The number of hydrogen-bond acceptors (Lipinski definition) is 5. The number of pyridine rings is 1. The van der Waals surface area contributed by atoms with Gasteiger partial charge >= 0.3 is 0 Å². The minimum Gasteiger partial charge on any atom is -0.366 e. The molecule has 3 heterocycles. The maximum Gasteiger partial charge on any atom is 0.287 e. The molecule has 2 aliphatic heterocycles. The second-order valence-electron chi connectivity index (χ2n) is 5.30. The number of nitro groups is 1. The first kappa shape index (κ1) is 12.3. The van der Waals surface area contributed by atoms with Crippen LogP contribution in [-0.2, 0) is 0 Å². The molecule has 1 aromatic rings. The Morgan fingerprint density at radius 2 is 2.21 bits per heavy atom. The van der Waals surface area contributed by atoms with Gasteiger partial charge in [-0.05, 0) is 31.9 Å². The first-order valence-corrected chi connectivity index (χ1v) is 6.85. The summed E-state index contributed by atoms with van der Waals surface area (Å²) in [7, 11) is 0. The molecule has 3 rings (SSSR count). The van der Waals surface area contributed by atoms with Crippen LogP contribution in [0.1, 0.15) is 25.7 Å². The molecule has 2 atom stereocenters. The highest BCUT2D eigenvalue weighted by atomic mass is 16.6. The van der Waals surface area contributed by atoms with Gasteiger partial charge in [0.15, 0.2) is 0 Å². The normalized spacial score (nSPS) is 26.9. The van der Waals surface area contributed by atoms with Crippen molar-refractivity contribution in [1.29, 1.82) is 0 Å². The minimum atomic E-state index is -0.421. The van der Waals surface area contributed by atoms with Gasteiger partial charge in [0.1, 0.15) is 12.0 Å². The standard InChI is InChI=1S/C13H18N4O2/c18-17(19)10-4-5-13(14-9-10)15-11-6-8-16-7-2-1-3-12(11)16/h4-5,9,11-12H,1-3,6-8H2,(H,14,15)/t11-,12+/m0/s1. The summed E-state index contributed by atoms with van der Waals surface area (Å²) in [6, 6.07) is 4.23. The maximum absolute atomic E-state index is 10.6. The fourth-order valence-electron chi connectivity index (χ4n) is 3.19. The lowest BCUT2D eigenvalue weighted by atomic mass is 9.99. The van der Waals surface area contributed by atoms with Crippen LogP contribution >= 0.6 is 0 Å². The van der Waals surface area contributed by atoms with Gasteiger partial charge in [-0.1, -0.05) is 6.42 Å². The lowest BCUT2D eigenvalue weighted by Gasteiger charge is -2.32. The molecule has 0 aromatic carbocycles. The van der Waals surface area contributed by atoms with Crippen molar-refractivity contribution in [3.8, 4) is 0 Å². The molecule has 6 heteroatoms. The van der Waals surface area contributed by atoms with Gasteiger partial charge in [-0.3, -0.25) is 15.0 Å². The topological polar surface area (TPSA) is 71.3 Å². The number of hydrogen-bond donors (Lipinski definition) is 1. The first-order chi connectivity index (χ1) is 9.24. The van der Waals surface area contributed by atoms with E-state index in [-0.39, 0.29) is 5.69 Å². The summed E-state index contributed by atoms with van der Waals surface area (Å²) in [5, 5.41) is 14.0. The van der Waals surface area contributed by atoms with Gasteiger partial charge in [-0.25, -0.2) is 4.98 Å². The molecule has 0 amide bonds. The van der Waals surface area contributed by atoms with Crippen molar-refractivity contribution in [3.63, 3.8) is 0 Å². The van der Waals surface area contributed by atoms with E-state index in [0.717, 1.165) is 18.8 Å². The van der Waals surface area contributed by atoms with Gasteiger partial charge < -0.3 is 5.32 Å². The van der Waals surface area contributed by atoms with E-state index in [1.54, 1.807) is 6.07 Å². The smallest absolute Gasteiger partial charge is 0.287 e. The van der Waals surface area contributed by atoms with Crippen molar-refractivity contribution < 1.29 is 4.92 Å². The van der Waals surface area contributed by atoms with E-state index >= 15 is 0 Å². The average molecular weight is 262 g/mol. The van der Waals surface area contributed by atoms with E-state index in [4.69, 9.17) is 0 Å². The van der Waals surface area contributed by atoms with E-state index in [1.165, 1.54) is 38.1 Å². The Morgan fingerprint density at radius 3 is 2.95 bits per heavy atom. The van der Waals surface area contributed by atoms with Gasteiger partial charge in [-0.15, -0.1) is 0 Å². The van der Waals surface area contributed by atoms with Gasteiger partial charge in [0, 0.05) is 24.7 Å². The van der Waals surface area contributed by atoms with Crippen LogP contribution < -0.4 is 5.32 Å². The molecule has 2 saturated heterocycles. The molecule has 0 bridgehead atoms. The highest BCUT2D eigenvalue weighted by Crippen LogP contribution is 2.29. The zero-order valence-corrected chi connectivity index (χ0v) is 10.8. The lowest BCUT2D eigenvalue weighted by Crippen LogP contribution is -2.41. The summed E-state index contributed by atoms with van der Waals surface area (Å²) < 4.78 is 0. The highest BCUT2D eigenvalue weighted by molar-refractivity contribution is 5.41. The van der Waals surface area contributed by atoms with Gasteiger partial charge in [0.25, 0.3) is 5.69 Å². The Morgan fingerprint density at radius 1 is 1.32 bits per heavy atom. The molecule has 102 valence electrons. The fraction of sp³-hybridized carbons (Fsp3) is 0.615. The van der Waals surface area contributed by atoms with Crippen LogP contribution in [0.2, 0.25) is 0 Å². The number of fused-ring (bicyclic) bond motifs is 1. The Balaban J connectivity index is 1.66. The monoisotopic (exact) mass is 262 g/mol. The zero-order valence-electron chi connectivity index (χ0n) is 10.8. The second kappa shape index (κ2) is 5.13. The number of rotatable bonds is 3. The van der Waals surface area contributed by atoms with Crippen LogP contribution in [0, 0.1) is 10.1 Å². The first-order valence-electron chi connectivity index (χ1n) is 6.85. The van der Waals surface area contributed by atoms with E-state index < -0.39 is 4.92 Å². The highest BCUT2D eigenvalue weighted by Gasteiger charge is 2.35. The lowest BCUT2D eigenvalue weighted by molar-refractivity contribution is -0.385. The van der Waals surface area contributed by atoms with Crippen LogP contribution in [0.25, 0.3) is 0 Å². The van der Waals surface area contributed by atoms with Crippen LogP contribution in [0.15, 0.2) is 18.3 Å². The molecule has 6 nitrogen and oxygen atoms in total. The van der Waals surface area contributed by atoms with Crippen LogP contribution in [-0.4, -0.2) is 40.0 Å². The van der Waals surface area contributed by atoms with Gasteiger partial charge in [-0.2, -0.15) is 0 Å². The van der Waals surface area contributed by atoms with Crippen LogP contribution in [0.5, 0.6) is 0 Å². The molecule has 1 N–H and O–H groups in total. The predicted octanol–water partition coefficient (Wildman–Crippen LogP) is 2.03. The number of piperidine rings is 1. The molecule has 2 aliphatic rings. The molecule has 1 aromatic heterocycles. The SMILES string of the molecule is O=[N+]([O-])c1ccc(N[C@H]2CCN3CCCC[C@H]23)nc1. The van der Waals surface area contributed by atoms with Gasteiger partial charge in [0.05, 0.1) is 4.92 Å². The third kappa shape index (κ3) is 2.53. The predicted molar refractivity (Wildman–Crippen MR) is 72.1 cm³/mol. The fourth-order valence-corrected chi connectivity index (χ4v) is 3.19. The van der Waals surface area contributed by atoms with E-state index in [9.17, 15) is 10.1 Å². The van der Waals surface area contributed by atoms with E-state index in [2.05, 4.69) is 15.2 Å². The quantitative estimate of drug-likeness (QED) is 0.666. The summed E-state index contributed by atoms with van der Waals surface area (Å²) in [5.74, 6) is 0.739. The van der Waals surface area contributed by atoms with Gasteiger partial charge in [0.2, 0.25) is 0 Å². The summed E-state index contributed by atoms with van der Waals surface area (Å²) in [4.78, 5) is 16.8. The molecule has 0 aliphatic carbocycles. The molecule has 0 unspecified atom stereocenters. The number of nitrogens with one attached hydrogen (secondary N) is 1. The van der Waals surface area contributed by atoms with Crippen molar-refractivity contribution in [2.24, 2.45) is 0 Å². The third-order valence-corrected chi connectivity index (χ3v) is 4.15. The van der Waals surface area contributed by atoms with E-state index in [0.29, 0.717) is 12.1 Å². The molecular weight excluding hydrogens is 244 g/mol. The van der Waals surface area contributed by atoms with Crippen LogP contribution in [0.3, 0.4) is 0 Å². The van der Waals surface area contributed by atoms with Crippen molar-refractivity contribution >= 4 is 11.5 Å². The van der Waals surface area contributed by atoms with E-state index in [1.807, 2.05) is 0 Å². The number of anilines is 1. The maximum atomic E-state index is 10.6. The van der Waals surface area contributed by atoms with Crippen molar-refractivity contribution in [1.82, 2.24) is 9.88 Å². The van der Waals surface area contributed by atoms with Crippen LogP contribution in [0.4, 0.5) is 11.5 Å². The molecule has 2 fully saturated rings. The largest absolute Gasteiger partial charge is 0.366 e. The molecule has 0 radical (unpaired) electrons. The third-order valence-electron chi connectivity index (χ3n) is 4.15. The molecule has 0 saturated carbocycles. The summed E-state index contributed by atoms with van der Waals surface area (Å²) >= 11 is 0. The molecule has 19 heavy (non-hydrogen) atoms. The average Bonchev–Trinajstić information content (AvgIpc) is 2.83. The minimum absolute atomic E-state index is 0.0382. The summed E-state index contributed by atoms with van der Waals surface area (Å²) in [6.07, 6.45) is 6.29. The Labute approximate surface area is 112 Å². The van der Waals surface area contributed by atoms with Crippen molar-refractivity contribution in [2.75, 3.05) is 18.4 Å². The summed E-state index contributed by atoms with van der Waals surface area (Å²) in [6.45, 7) is 2.35. The zero-order chi connectivity index (χ0) is 13.2. The molecular formula is C13H18N4O2. The number of aromatic nitrogens is 1. The summed E-state index contributed by atoms with van der Waals surface area (Å²) in [5.41, 5.74) is 0.0382.